The summed E-state index contributed by atoms with van der Waals surface area (Å²) in [6, 6.07) is 3.53. The van der Waals surface area contributed by atoms with Crippen molar-refractivity contribution < 1.29 is 9.53 Å². The van der Waals surface area contributed by atoms with Gasteiger partial charge in [0.15, 0.2) is 5.82 Å². The normalized spacial score (nSPS) is 10.9. The van der Waals surface area contributed by atoms with E-state index < -0.39 is 0 Å². The number of nitrogens with one attached hydrogen (secondary N) is 2. The van der Waals surface area contributed by atoms with Crippen LogP contribution in [0.15, 0.2) is 43.1 Å². The SMILES string of the molecule is COc1ccc2ncc3[nH]cc(C(=O)Nc4cnccn4)c3c2n1. The quantitative estimate of drug-likeness (QED) is 0.599. The number of fused-ring (bicyclic) bond motifs is 3. The van der Waals surface area contributed by atoms with Crippen LogP contribution in [0.1, 0.15) is 10.4 Å². The maximum absolute atomic E-state index is 12.6. The zero-order chi connectivity index (χ0) is 16.5. The van der Waals surface area contributed by atoms with Gasteiger partial charge in [-0.1, -0.05) is 0 Å². The van der Waals surface area contributed by atoms with Gasteiger partial charge in [-0.3, -0.25) is 14.8 Å². The second-order valence-electron chi connectivity index (χ2n) is 5.02. The Balaban J connectivity index is 1.86. The summed E-state index contributed by atoms with van der Waals surface area (Å²) >= 11 is 0. The van der Waals surface area contributed by atoms with Crippen molar-refractivity contribution in [3.8, 4) is 5.88 Å². The van der Waals surface area contributed by atoms with Gasteiger partial charge < -0.3 is 15.0 Å². The van der Waals surface area contributed by atoms with Gasteiger partial charge in [0.25, 0.3) is 5.91 Å². The molecule has 0 aliphatic carbocycles. The minimum atomic E-state index is -0.307. The first-order chi connectivity index (χ1) is 11.8. The van der Waals surface area contributed by atoms with E-state index in [4.69, 9.17) is 4.74 Å². The van der Waals surface area contributed by atoms with Crippen molar-refractivity contribution in [2.45, 2.75) is 0 Å². The molecule has 0 saturated carbocycles. The fourth-order valence-corrected chi connectivity index (χ4v) is 2.49. The molecule has 0 atom stereocenters. The van der Waals surface area contributed by atoms with Crippen molar-refractivity contribution in [3.63, 3.8) is 0 Å². The van der Waals surface area contributed by atoms with Crippen molar-refractivity contribution in [1.82, 2.24) is 24.9 Å². The van der Waals surface area contributed by atoms with Gasteiger partial charge in [-0.15, -0.1) is 0 Å². The Labute approximate surface area is 135 Å². The van der Waals surface area contributed by atoms with E-state index >= 15 is 0 Å². The van der Waals surface area contributed by atoms with E-state index in [1.165, 1.54) is 18.6 Å². The second kappa shape index (κ2) is 5.58. The lowest BCUT2D eigenvalue weighted by molar-refractivity contribution is 0.102. The molecule has 8 nitrogen and oxygen atoms in total. The zero-order valence-electron chi connectivity index (χ0n) is 12.6. The van der Waals surface area contributed by atoms with Crippen LogP contribution >= 0.6 is 0 Å². The minimum Gasteiger partial charge on any atom is -0.481 e. The summed E-state index contributed by atoms with van der Waals surface area (Å²) < 4.78 is 5.18. The van der Waals surface area contributed by atoms with Gasteiger partial charge in [-0.2, -0.15) is 0 Å². The number of ether oxygens (including phenoxy) is 1. The van der Waals surface area contributed by atoms with Gasteiger partial charge in [-0.05, 0) is 6.07 Å². The Hall–Kier alpha value is -3.55. The number of hydrogen-bond acceptors (Lipinski definition) is 6. The molecule has 0 aliphatic rings. The lowest BCUT2D eigenvalue weighted by Gasteiger charge is -2.05. The summed E-state index contributed by atoms with van der Waals surface area (Å²) in [6.07, 6.45) is 7.82. The third-order valence-corrected chi connectivity index (χ3v) is 3.59. The summed E-state index contributed by atoms with van der Waals surface area (Å²) in [4.78, 5) is 32.4. The number of hydrogen-bond donors (Lipinski definition) is 2. The third kappa shape index (κ3) is 2.30. The topological polar surface area (TPSA) is 106 Å². The molecule has 0 aliphatic heterocycles. The molecule has 1 amide bonds. The smallest absolute Gasteiger partial charge is 0.259 e. The molecule has 0 bridgehead atoms. The molecule has 4 rings (SSSR count). The number of rotatable bonds is 3. The number of carbonyl (C=O) groups is 1. The Morgan fingerprint density at radius 2 is 2.12 bits per heavy atom. The summed E-state index contributed by atoms with van der Waals surface area (Å²) in [5.74, 6) is 0.526. The summed E-state index contributed by atoms with van der Waals surface area (Å²) in [6.45, 7) is 0. The van der Waals surface area contributed by atoms with Gasteiger partial charge in [0.05, 0.1) is 36.1 Å². The first-order valence-corrected chi connectivity index (χ1v) is 7.14. The van der Waals surface area contributed by atoms with E-state index in [-0.39, 0.29) is 5.91 Å². The molecule has 4 heterocycles. The predicted octanol–water partition coefficient (Wildman–Crippen LogP) is 2.16. The monoisotopic (exact) mass is 320 g/mol. The van der Waals surface area contributed by atoms with Gasteiger partial charge in [-0.25, -0.2) is 9.97 Å². The highest BCUT2D eigenvalue weighted by atomic mass is 16.5. The first-order valence-electron chi connectivity index (χ1n) is 7.14. The molecule has 24 heavy (non-hydrogen) atoms. The second-order valence-corrected chi connectivity index (χ2v) is 5.02. The average Bonchev–Trinajstić information content (AvgIpc) is 3.07. The Morgan fingerprint density at radius 1 is 1.21 bits per heavy atom. The third-order valence-electron chi connectivity index (χ3n) is 3.59. The molecular formula is C16H12N6O2. The number of H-pyrrole nitrogens is 1. The van der Waals surface area contributed by atoms with E-state index in [1.54, 1.807) is 31.6 Å². The van der Waals surface area contributed by atoms with Crippen LogP contribution in [0.3, 0.4) is 0 Å². The molecule has 0 unspecified atom stereocenters. The molecule has 8 heteroatoms. The molecule has 0 radical (unpaired) electrons. The molecule has 118 valence electrons. The molecule has 4 aromatic heterocycles. The van der Waals surface area contributed by atoms with Gasteiger partial charge >= 0.3 is 0 Å². The number of anilines is 1. The highest BCUT2D eigenvalue weighted by molar-refractivity contribution is 6.18. The van der Waals surface area contributed by atoms with E-state index in [0.29, 0.717) is 39.2 Å². The van der Waals surface area contributed by atoms with Crippen LogP contribution in [0.2, 0.25) is 0 Å². The van der Waals surface area contributed by atoms with E-state index in [2.05, 4.69) is 30.2 Å². The minimum absolute atomic E-state index is 0.307. The Morgan fingerprint density at radius 3 is 2.92 bits per heavy atom. The molecule has 0 fully saturated rings. The van der Waals surface area contributed by atoms with Gasteiger partial charge in [0.2, 0.25) is 5.88 Å². The van der Waals surface area contributed by atoms with Gasteiger partial charge in [0.1, 0.15) is 5.52 Å². The lowest BCUT2D eigenvalue weighted by Crippen LogP contribution is -2.12. The van der Waals surface area contributed by atoms with Gasteiger partial charge in [0, 0.05) is 30.0 Å². The Bertz CT molecular complexity index is 1040. The molecule has 0 aromatic carbocycles. The van der Waals surface area contributed by atoms with Crippen molar-refractivity contribution in [2.75, 3.05) is 12.4 Å². The number of carbonyl (C=O) groups excluding carboxylic acids is 1. The number of aromatic nitrogens is 5. The van der Waals surface area contributed by atoms with Crippen LogP contribution in [0.5, 0.6) is 5.88 Å². The number of amides is 1. The van der Waals surface area contributed by atoms with Crippen molar-refractivity contribution >= 4 is 33.7 Å². The molecule has 0 saturated heterocycles. The predicted molar refractivity (Wildman–Crippen MR) is 87.9 cm³/mol. The van der Waals surface area contributed by atoms with Crippen LogP contribution in [0.4, 0.5) is 5.82 Å². The summed E-state index contributed by atoms with van der Waals surface area (Å²) in [5.41, 5.74) is 2.44. The first kappa shape index (κ1) is 14.1. The standard InChI is InChI=1S/C16H12N6O2/c1-24-13-3-2-10-15(22-13)14-9(6-19-11(14)7-20-10)16(23)21-12-8-17-4-5-18-12/h2-8,19H,1H3,(H,18,21,23). The highest BCUT2D eigenvalue weighted by Gasteiger charge is 2.17. The Kier molecular flexibility index (Phi) is 3.27. The van der Waals surface area contributed by atoms with Crippen molar-refractivity contribution in [3.05, 3.63) is 48.7 Å². The van der Waals surface area contributed by atoms with Crippen LogP contribution in [0.25, 0.3) is 21.9 Å². The number of nitrogens with zero attached hydrogens (tertiary/aromatic N) is 4. The van der Waals surface area contributed by atoms with E-state index in [0.717, 1.165) is 0 Å². The molecule has 0 spiro atoms. The molecular weight excluding hydrogens is 308 g/mol. The average molecular weight is 320 g/mol. The highest BCUT2D eigenvalue weighted by Crippen LogP contribution is 2.27. The van der Waals surface area contributed by atoms with Crippen molar-refractivity contribution in [2.24, 2.45) is 0 Å². The number of pyridine rings is 2. The van der Waals surface area contributed by atoms with E-state index in [9.17, 15) is 4.79 Å². The summed E-state index contributed by atoms with van der Waals surface area (Å²) in [7, 11) is 1.54. The fraction of sp³-hybridized carbons (Fsp3) is 0.0625. The number of methoxy groups -OCH3 is 1. The van der Waals surface area contributed by atoms with Crippen LogP contribution < -0.4 is 10.1 Å². The van der Waals surface area contributed by atoms with Crippen LogP contribution in [-0.2, 0) is 0 Å². The molecule has 2 N–H and O–H groups in total. The van der Waals surface area contributed by atoms with Crippen LogP contribution in [-0.4, -0.2) is 37.9 Å². The fourth-order valence-electron chi connectivity index (χ4n) is 2.49. The largest absolute Gasteiger partial charge is 0.481 e. The number of aromatic amines is 1. The lowest BCUT2D eigenvalue weighted by atomic mass is 10.1. The van der Waals surface area contributed by atoms with Crippen molar-refractivity contribution in [1.29, 1.82) is 0 Å². The van der Waals surface area contributed by atoms with E-state index in [1.807, 2.05) is 0 Å². The maximum Gasteiger partial charge on any atom is 0.259 e. The summed E-state index contributed by atoms with van der Waals surface area (Å²) in [5, 5.41) is 3.40. The van der Waals surface area contributed by atoms with Crippen LogP contribution in [0, 0.1) is 0 Å². The zero-order valence-corrected chi connectivity index (χ0v) is 12.6. The maximum atomic E-state index is 12.6. The molecule has 4 aromatic rings.